The topological polar surface area (TPSA) is 12.0 Å². The molecule has 1 aromatic rings. The van der Waals surface area contributed by atoms with Gasteiger partial charge in [-0.3, -0.25) is 0 Å². The number of hydrogen-bond donors (Lipinski definition) is 1. The van der Waals surface area contributed by atoms with Crippen LogP contribution in [0.15, 0.2) is 18.2 Å². The Labute approximate surface area is 90.5 Å². The van der Waals surface area contributed by atoms with Crippen LogP contribution in [0.5, 0.6) is 0 Å². The van der Waals surface area contributed by atoms with Crippen LogP contribution in [0.3, 0.4) is 0 Å². The monoisotopic (exact) mass is 209 g/mol. The van der Waals surface area contributed by atoms with Crippen LogP contribution >= 0.6 is 11.6 Å². The van der Waals surface area contributed by atoms with Crippen LogP contribution in [-0.2, 0) is 6.42 Å². The van der Waals surface area contributed by atoms with Gasteiger partial charge in [-0.1, -0.05) is 24.6 Å². The first-order valence-corrected chi connectivity index (χ1v) is 5.53. The van der Waals surface area contributed by atoms with Crippen molar-refractivity contribution in [2.45, 2.75) is 19.3 Å². The second-order valence-electron chi connectivity index (χ2n) is 4.19. The van der Waals surface area contributed by atoms with Gasteiger partial charge in [0.2, 0.25) is 0 Å². The summed E-state index contributed by atoms with van der Waals surface area (Å²) in [6.45, 7) is 3.37. The summed E-state index contributed by atoms with van der Waals surface area (Å²) < 4.78 is 0. The number of hydrogen-bond acceptors (Lipinski definition) is 1. The smallest absolute Gasteiger partial charge is 0.0409 e. The Morgan fingerprint density at radius 2 is 2.29 bits per heavy atom. The first kappa shape index (κ1) is 10.0. The van der Waals surface area contributed by atoms with Gasteiger partial charge >= 0.3 is 0 Å². The van der Waals surface area contributed by atoms with E-state index < -0.39 is 0 Å². The summed E-state index contributed by atoms with van der Waals surface area (Å²) in [5.41, 5.74) is 2.92. The first-order valence-electron chi connectivity index (χ1n) is 5.15. The van der Waals surface area contributed by atoms with E-state index in [9.17, 15) is 0 Å². The van der Waals surface area contributed by atoms with E-state index in [4.69, 9.17) is 11.6 Å². The van der Waals surface area contributed by atoms with Crippen LogP contribution in [-0.4, -0.2) is 13.6 Å². The molecule has 0 radical (unpaired) electrons. The molecule has 0 saturated carbocycles. The van der Waals surface area contributed by atoms with Gasteiger partial charge in [0.1, 0.15) is 0 Å². The molecule has 0 saturated heterocycles. The first-order chi connectivity index (χ1) is 6.72. The zero-order chi connectivity index (χ0) is 10.1. The summed E-state index contributed by atoms with van der Waals surface area (Å²) in [6.07, 6.45) is 1.19. The quantitative estimate of drug-likeness (QED) is 0.790. The van der Waals surface area contributed by atoms with Crippen LogP contribution in [0.25, 0.3) is 0 Å². The Morgan fingerprint density at radius 1 is 1.50 bits per heavy atom. The lowest BCUT2D eigenvalue weighted by atomic mass is 9.94. The van der Waals surface area contributed by atoms with Crippen molar-refractivity contribution in [2.75, 3.05) is 13.6 Å². The average molecular weight is 210 g/mol. The largest absolute Gasteiger partial charge is 0.319 e. The van der Waals surface area contributed by atoms with E-state index in [2.05, 4.69) is 24.4 Å². The molecule has 1 nitrogen and oxygen atoms in total. The summed E-state index contributed by atoms with van der Waals surface area (Å²) in [5, 5.41) is 4.12. The summed E-state index contributed by atoms with van der Waals surface area (Å²) in [5.74, 6) is 1.37. The number of benzene rings is 1. The second kappa shape index (κ2) is 3.92. The molecule has 2 heteroatoms. The molecule has 14 heavy (non-hydrogen) atoms. The highest BCUT2D eigenvalue weighted by Crippen LogP contribution is 2.38. The molecular weight excluding hydrogens is 194 g/mol. The number of rotatable bonds is 2. The van der Waals surface area contributed by atoms with Crippen LogP contribution in [0, 0.1) is 5.92 Å². The lowest BCUT2D eigenvalue weighted by Crippen LogP contribution is -2.19. The normalized spacial score (nSPS) is 25.1. The van der Waals surface area contributed by atoms with Crippen molar-refractivity contribution in [3.63, 3.8) is 0 Å². The number of likely N-dealkylation sites (N-methyl/N-ethyl adjacent to an activating group) is 1. The molecule has 2 atom stereocenters. The minimum Gasteiger partial charge on any atom is -0.319 e. The molecule has 2 unspecified atom stereocenters. The number of halogens is 1. The van der Waals surface area contributed by atoms with Gasteiger partial charge in [-0.05, 0) is 48.6 Å². The standard InChI is InChI=1S/C12H16ClN/c1-8-5-9-3-4-10(13)6-11(9)12(8)7-14-2/h3-4,6,8,12,14H,5,7H2,1-2H3. The predicted octanol–water partition coefficient (Wildman–Crippen LogP) is 2.84. The van der Waals surface area contributed by atoms with Crippen molar-refractivity contribution in [1.82, 2.24) is 5.32 Å². The lowest BCUT2D eigenvalue weighted by molar-refractivity contribution is 0.480. The molecule has 0 fully saturated rings. The molecule has 0 bridgehead atoms. The third-order valence-electron chi connectivity index (χ3n) is 3.16. The van der Waals surface area contributed by atoms with Crippen LogP contribution in [0.2, 0.25) is 5.02 Å². The zero-order valence-corrected chi connectivity index (χ0v) is 9.43. The summed E-state index contributed by atoms with van der Waals surface area (Å²) in [7, 11) is 2.01. The maximum absolute atomic E-state index is 6.02. The third-order valence-corrected chi connectivity index (χ3v) is 3.40. The van der Waals surface area contributed by atoms with Crippen molar-refractivity contribution in [2.24, 2.45) is 5.92 Å². The fourth-order valence-electron chi connectivity index (χ4n) is 2.42. The second-order valence-corrected chi connectivity index (χ2v) is 4.63. The van der Waals surface area contributed by atoms with E-state index in [1.807, 2.05) is 13.1 Å². The summed E-state index contributed by atoms with van der Waals surface area (Å²) in [6, 6.07) is 6.29. The van der Waals surface area contributed by atoms with E-state index in [1.54, 1.807) is 0 Å². The van der Waals surface area contributed by atoms with E-state index in [0.29, 0.717) is 5.92 Å². The molecule has 0 amide bonds. The van der Waals surface area contributed by atoms with E-state index in [1.165, 1.54) is 17.5 Å². The molecule has 0 heterocycles. The van der Waals surface area contributed by atoms with E-state index >= 15 is 0 Å². The van der Waals surface area contributed by atoms with Gasteiger partial charge in [0.05, 0.1) is 0 Å². The van der Waals surface area contributed by atoms with Gasteiger partial charge in [0.15, 0.2) is 0 Å². The van der Waals surface area contributed by atoms with Gasteiger partial charge in [-0.15, -0.1) is 0 Å². The zero-order valence-electron chi connectivity index (χ0n) is 8.68. The molecule has 1 aliphatic rings. The highest BCUT2D eigenvalue weighted by molar-refractivity contribution is 6.30. The van der Waals surface area contributed by atoms with Crippen molar-refractivity contribution in [1.29, 1.82) is 0 Å². The van der Waals surface area contributed by atoms with Gasteiger partial charge in [-0.25, -0.2) is 0 Å². The van der Waals surface area contributed by atoms with Crippen LogP contribution < -0.4 is 5.32 Å². The minimum absolute atomic E-state index is 0.633. The maximum Gasteiger partial charge on any atom is 0.0409 e. The average Bonchev–Trinajstić information content (AvgIpc) is 2.45. The fourth-order valence-corrected chi connectivity index (χ4v) is 2.60. The van der Waals surface area contributed by atoms with Crippen molar-refractivity contribution < 1.29 is 0 Å². The van der Waals surface area contributed by atoms with Crippen LogP contribution in [0.1, 0.15) is 24.0 Å². The summed E-state index contributed by atoms with van der Waals surface area (Å²) in [4.78, 5) is 0. The van der Waals surface area contributed by atoms with Crippen molar-refractivity contribution >= 4 is 11.6 Å². The van der Waals surface area contributed by atoms with E-state index in [-0.39, 0.29) is 0 Å². The molecule has 0 aromatic heterocycles. The Morgan fingerprint density at radius 3 is 3.00 bits per heavy atom. The molecule has 1 aliphatic carbocycles. The van der Waals surface area contributed by atoms with Gasteiger partial charge in [0, 0.05) is 11.6 Å². The van der Waals surface area contributed by atoms with Gasteiger partial charge < -0.3 is 5.32 Å². The predicted molar refractivity (Wildman–Crippen MR) is 61.0 cm³/mol. The Balaban J connectivity index is 2.34. The Kier molecular flexibility index (Phi) is 2.80. The SMILES string of the molecule is CNCC1c2cc(Cl)ccc2CC1C. The molecule has 76 valence electrons. The number of nitrogens with one attached hydrogen (secondary N) is 1. The molecule has 1 aromatic carbocycles. The Bertz CT molecular complexity index is 335. The minimum atomic E-state index is 0.633. The fraction of sp³-hybridized carbons (Fsp3) is 0.500. The van der Waals surface area contributed by atoms with Crippen LogP contribution in [0.4, 0.5) is 0 Å². The molecule has 2 rings (SSSR count). The van der Waals surface area contributed by atoms with Gasteiger partial charge in [-0.2, -0.15) is 0 Å². The number of fused-ring (bicyclic) bond motifs is 1. The maximum atomic E-state index is 6.02. The molecule has 0 spiro atoms. The molecular formula is C12H16ClN. The summed E-state index contributed by atoms with van der Waals surface area (Å²) >= 11 is 6.02. The highest BCUT2D eigenvalue weighted by atomic mass is 35.5. The van der Waals surface area contributed by atoms with Gasteiger partial charge in [0.25, 0.3) is 0 Å². The molecule has 1 N–H and O–H groups in total. The van der Waals surface area contributed by atoms with Crippen molar-refractivity contribution in [3.8, 4) is 0 Å². The molecule has 0 aliphatic heterocycles. The van der Waals surface area contributed by atoms with Crippen molar-refractivity contribution in [3.05, 3.63) is 34.3 Å². The van der Waals surface area contributed by atoms with E-state index in [0.717, 1.165) is 17.5 Å². The lowest BCUT2D eigenvalue weighted by Gasteiger charge is -2.15. The third kappa shape index (κ3) is 1.67. The Hall–Kier alpha value is -0.530. The highest BCUT2D eigenvalue weighted by Gasteiger charge is 2.28.